The molecule has 0 aliphatic rings. The molecule has 1 rings (SSSR count). The van der Waals surface area contributed by atoms with Gasteiger partial charge in [-0.05, 0) is 50.5 Å². The zero-order valence-electron chi connectivity index (χ0n) is 11.7. The fourth-order valence-corrected chi connectivity index (χ4v) is 1.51. The first-order valence-electron chi connectivity index (χ1n) is 6.32. The average Bonchev–Trinajstić information content (AvgIpc) is 2.35. The number of phenols is 2. The number of rotatable bonds is 4. The van der Waals surface area contributed by atoms with Crippen LogP contribution in [0.2, 0.25) is 0 Å². The van der Waals surface area contributed by atoms with Gasteiger partial charge in [0.2, 0.25) is 0 Å². The van der Waals surface area contributed by atoms with Crippen LogP contribution < -0.4 is 0 Å². The Labute approximate surface area is 119 Å². The molecular formula is C16H20O4. The summed E-state index contributed by atoms with van der Waals surface area (Å²) in [5, 5.41) is 38.1. The molecule has 1 aromatic rings. The first-order chi connectivity index (χ1) is 9.20. The molecule has 0 spiro atoms. The van der Waals surface area contributed by atoms with Crippen LogP contribution in [0.15, 0.2) is 30.4 Å². The van der Waals surface area contributed by atoms with Gasteiger partial charge in [0.1, 0.15) is 11.5 Å². The van der Waals surface area contributed by atoms with Crippen molar-refractivity contribution in [3.63, 3.8) is 0 Å². The van der Waals surface area contributed by atoms with Crippen LogP contribution in [0.25, 0.3) is 0 Å². The highest BCUT2D eigenvalue weighted by atomic mass is 16.3. The summed E-state index contributed by atoms with van der Waals surface area (Å²) in [5.41, 5.74) is -0.262. The van der Waals surface area contributed by atoms with Gasteiger partial charge in [-0.25, -0.2) is 0 Å². The Morgan fingerprint density at radius 2 is 2.00 bits per heavy atom. The lowest BCUT2D eigenvalue weighted by atomic mass is 9.96. The van der Waals surface area contributed by atoms with Gasteiger partial charge in [0.25, 0.3) is 0 Å². The second-order valence-electron chi connectivity index (χ2n) is 5.26. The summed E-state index contributed by atoms with van der Waals surface area (Å²) in [6, 6.07) is 4.09. The fraction of sp³-hybridized carbons (Fsp3) is 0.375. The van der Waals surface area contributed by atoms with Gasteiger partial charge in [0.15, 0.2) is 0 Å². The van der Waals surface area contributed by atoms with E-state index in [0.29, 0.717) is 24.0 Å². The maximum absolute atomic E-state index is 9.69. The molecule has 20 heavy (non-hydrogen) atoms. The standard InChI is InChI=1S/C16H20O4/c1-11(5-9-15(19)16(2,3)20)4-6-12-10-13(17)7-8-14(12)18/h7-8,10,15,17-20H,1,5,9H2,2-3H3/t15-/m1/s1. The lowest BCUT2D eigenvalue weighted by Gasteiger charge is -2.24. The summed E-state index contributed by atoms with van der Waals surface area (Å²) < 4.78 is 0. The monoisotopic (exact) mass is 276 g/mol. The van der Waals surface area contributed by atoms with Crippen molar-refractivity contribution in [1.82, 2.24) is 0 Å². The number of aliphatic hydroxyl groups is 2. The molecule has 0 saturated carbocycles. The van der Waals surface area contributed by atoms with E-state index in [1.807, 2.05) is 0 Å². The van der Waals surface area contributed by atoms with E-state index < -0.39 is 11.7 Å². The highest BCUT2D eigenvalue weighted by Gasteiger charge is 2.23. The summed E-state index contributed by atoms with van der Waals surface area (Å²) in [4.78, 5) is 0. The topological polar surface area (TPSA) is 80.9 Å². The molecule has 4 heteroatoms. The molecule has 0 fully saturated rings. The van der Waals surface area contributed by atoms with Crippen LogP contribution in [0.5, 0.6) is 11.5 Å². The average molecular weight is 276 g/mol. The summed E-state index contributed by atoms with van der Waals surface area (Å²) in [6.45, 7) is 6.84. The molecule has 0 heterocycles. The van der Waals surface area contributed by atoms with E-state index in [-0.39, 0.29) is 11.5 Å². The molecule has 1 atom stereocenters. The number of allylic oxidation sites excluding steroid dienone is 1. The van der Waals surface area contributed by atoms with Gasteiger partial charge in [-0.15, -0.1) is 0 Å². The maximum Gasteiger partial charge on any atom is 0.131 e. The minimum Gasteiger partial charge on any atom is -0.508 e. The maximum atomic E-state index is 9.69. The molecule has 0 radical (unpaired) electrons. The number of benzene rings is 1. The van der Waals surface area contributed by atoms with E-state index in [1.54, 1.807) is 0 Å². The van der Waals surface area contributed by atoms with Crippen molar-refractivity contribution in [2.45, 2.75) is 38.4 Å². The largest absolute Gasteiger partial charge is 0.508 e. The van der Waals surface area contributed by atoms with Gasteiger partial charge >= 0.3 is 0 Å². The lowest BCUT2D eigenvalue weighted by Crippen LogP contribution is -2.35. The van der Waals surface area contributed by atoms with Gasteiger partial charge in [-0.1, -0.05) is 18.4 Å². The first-order valence-corrected chi connectivity index (χ1v) is 6.32. The van der Waals surface area contributed by atoms with Crippen LogP contribution in [0.4, 0.5) is 0 Å². The van der Waals surface area contributed by atoms with Crippen LogP contribution in [0, 0.1) is 11.8 Å². The Bertz CT molecular complexity index is 544. The third-order valence-electron chi connectivity index (χ3n) is 2.89. The molecule has 108 valence electrons. The molecular weight excluding hydrogens is 256 g/mol. The zero-order chi connectivity index (χ0) is 15.3. The Hall–Kier alpha value is -1.96. The SMILES string of the molecule is C=C(C#Cc1cc(O)ccc1O)CC[C@@H](O)C(C)(C)O. The van der Waals surface area contributed by atoms with Crippen molar-refractivity contribution < 1.29 is 20.4 Å². The Kier molecular flexibility index (Phi) is 5.20. The number of aliphatic hydroxyl groups excluding tert-OH is 1. The smallest absolute Gasteiger partial charge is 0.131 e. The highest BCUT2D eigenvalue weighted by Crippen LogP contribution is 2.21. The molecule has 0 amide bonds. The molecule has 4 nitrogen and oxygen atoms in total. The van der Waals surface area contributed by atoms with E-state index in [9.17, 15) is 20.4 Å². The normalized spacial score (nSPS) is 12.4. The Morgan fingerprint density at radius 1 is 1.35 bits per heavy atom. The number of hydrogen-bond donors (Lipinski definition) is 4. The Morgan fingerprint density at radius 3 is 2.60 bits per heavy atom. The van der Waals surface area contributed by atoms with Crippen LogP contribution >= 0.6 is 0 Å². The predicted molar refractivity (Wildman–Crippen MR) is 77.3 cm³/mol. The van der Waals surface area contributed by atoms with E-state index in [0.717, 1.165) is 0 Å². The van der Waals surface area contributed by atoms with E-state index in [4.69, 9.17) is 0 Å². The van der Waals surface area contributed by atoms with Gasteiger partial charge in [-0.2, -0.15) is 0 Å². The van der Waals surface area contributed by atoms with Crippen LogP contribution in [0.3, 0.4) is 0 Å². The minimum absolute atomic E-state index is 0.0142. The minimum atomic E-state index is -1.16. The molecule has 4 N–H and O–H groups in total. The fourth-order valence-electron chi connectivity index (χ4n) is 1.51. The van der Waals surface area contributed by atoms with Crippen LogP contribution in [-0.2, 0) is 0 Å². The van der Waals surface area contributed by atoms with E-state index >= 15 is 0 Å². The molecule has 0 aromatic heterocycles. The van der Waals surface area contributed by atoms with Crippen LogP contribution in [-0.4, -0.2) is 32.1 Å². The molecule has 0 aliphatic heterocycles. The third kappa shape index (κ3) is 4.96. The number of phenolic OH excluding ortho intramolecular Hbond substituents is 2. The molecule has 0 saturated heterocycles. The molecule has 1 aromatic carbocycles. The summed E-state index contributed by atoms with van der Waals surface area (Å²) in [6.07, 6.45) is -0.0592. The summed E-state index contributed by atoms with van der Waals surface area (Å²) in [5.74, 6) is 5.49. The first kappa shape index (κ1) is 16.1. The summed E-state index contributed by atoms with van der Waals surface area (Å²) >= 11 is 0. The molecule has 0 bridgehead atoms. The summed E-state index contributed by atoms with van der Waals surface area (Å²) in [7, 11) is 0. The van der Waals surface area contributed by atoms with Crippen molar-refractivity contribution in [2.75, 3.05) is 0 Å². The number of hydrogen-bond acceptors (Lipinski definition) is 4. The number of aromatic hydroxyl groups is 2. The molecule has 0 aliphatic carbocycles. The van der Waals surface area contributed by atoms with Crippen molar-refractivity contribution in [1.29, 1.82) is 0 Å². The van der Waals surface area contributed by atoms with Crippen LogP contribution in [0.1, 0.15) is 32.3 Å². The quantitative estimate of drug-likeness (QED) is 0.500. The van der Waals surface area contributed by atoms with Crippen molar-refractivity contribution in [3.8, 4) is 23.3 Å². The Balaban J connectivity index is 2.64. The lowest BCUT2D eigenvalue weighted by molar-refractivity contribution is -0.0508. The molecule has 0 unspecified atom stereocenters. The van der Waals surface area contributed by atoms with Gasteiger partial charge in [-0.3, -0.25) is 0 Å². The van der Waals surface area contributed by atoms with E-state index in [1.165, 1.54) is 32.0 Å². The second kappa shape index (κ2) is 6.47. The van der Waals surface area contributed by atoms with E-state index in [2.05, 4.69) is 18.4 Å². The second-order valence-corrected chi connectivity index (χ2v) is 5.26. The van der Waals surface area contributed by atoms with Gasteiger partial charge in [0, 0.05) is 0 Å². The highest BCUT2D eigenvalue weighted by molar-refractivity contribution is 5.50. The predicted octanol–water partition coefficient (Wildman–Crippen LogP) is 1.92. The van der Waals surface area contributed by atoms with Crippen molar-refractivity contribution in [3.05, 3.63) is 35.9 Å². The van der Waals surface area contributed by atoms with Crippen molar-refractivity contribution >= 4 is 0 Å². The third-order valence-corrected chi connectivity index (χ3v) is 2.89. The van der Waals surface area contributed by atoms with Crippen molar-refractivity contribution in [2.24, 2.45) is 0 Å². The van der Waals surface area contributed by atoms with Gasteiger partial charge < -0.3 is 20.4 Å². The zero-order valence-corrected chi connectivity index (χ0v) is 11.7. The van der Waals surface area contributed by atoms with Gasteiger partial charge in [0.05, 0.1) is 17.3 Å².